The number of esters is 1. The summed E-state index contributed by atoms with van der Waals surface area (Å²) < 4.78 is 3.47. The van der Waals surface area contributed by atoms with Crippen LogP contribution in [0.1, 0.15) is 63.3 Å². The van der Waals surface area contributed by atoms with Gasteiger partial charge in [0.1, 0.15) is 20.1 Å². The number of aromatic carboxylic acids is 1. The van der Waals surface area contributed by atoms with Crippen molar-refractivity contribution in [1.29, 1.82) is 0 Å². The molecule has 4 rings (SSSR count). The quantitative estimate of drug-likeness (QED) is 0.401. The second-order valence-electron chi connectivity index (χ2n) is 7.46. The van der Waals surface area contributed by atoms with Gasteiger partial charge in [-0.1, -0.05) is 0 Å². The maximum Gasteiger partial charge on any atom is 0.354 e. The lowest BCUT2D eigenvalue weighted by atomic mass is 9.97. The van der Waals surface area contributed by atoms with E-state index in [0.29, 0.717) is 44.4 Å². The van der Waals surface area contributed by atoms with Gasteiger partial charge in [-0.3, -0.25) is 0 Å². The van der Waals surface area contributed by atoms with Crippen LogP contribution in [0.15, 0.2) is 12.1 Å². The largest absolute Gasteiger partial charge is 0.477 e. The Bertz CT molecular complexity index is 949. The summed E-state index contributed by atoms with van der Waals surface area (Å²) in [7, 11) is 0. The molecule has 0 saturated carbocycles. The third kappa shape index (κ3) is 5.67. The zero-order valence-corrected chi connectivity index (χ0v) is 19.3. The first-order valence-electron chi connectivity index (χ1n) is 9.57. The summed E-state index contributed by atoms with van der Waals surface area (Å²) in [5.74, 6) is -1.28. The first-order chi connectivity index (χ1) is 14.0. The molecule has 164 valence electrons. The number of carboxylic acids is 1. The van der Waals surface area contributed by atoms with Crippen LogP contribution in [0.4, 0.5) is 0 Å². The van der Waals surface area contributed by atoms with E-state index in [9.17, 15) is 9.59 Å². The number of nitrogens with one attached hydrogen (secondary N) is 2. The zero-order chi connectivity index (χ0) is 22.1. The molecule has 0 spiro atoms. The molecule has 30 heavy (non-hydrogen) atoms. The highest BCUT2D eigenvalue weighted by molar-refractivity contribution is 6.49. The molecule has 2 aromatic rings. The van der Waals surface area contributed by atoms with Gasteiger partial charge in [0, 0.05) is 24.2 Å². The number of halogens is 4. The van der Waals surface area contributed by atoms with Gasteiger partial charge in [-0.25, -0.2) is 9.59 Å². The van der Waals surface area contributed by atoms with E-state index in [-0.39, 0.29) is 11.7 Å². The van der Waals surface area contributed by atoms with E-state index >= 15 is 0 Å². The fraction of sp³-hybridized carbons (Fsp3) is 0.500. The summed E-state index contributed by atoms with van der Waals surface area (Å²) in [6.45, 7) is 2.15. The van der Waals surface area contributed by atoms with Gasteiger partial charge in [0.25, 0.3) is 0 Å². The Morgan fingerprint density at radius 2 is 1.43 bits per heavy atom. The summed E-state index contributed by atoms with van der Waals surface area (Å²) in [5, 5.41) is 8.77. The van der Waals surface area contributed by atoms with Gasteiger partial charge in [-0.2, -0.15) is 0 Å². The van der Waals surface area contributed by atoms with Crippen LogP contribution in [0.5, 0.6) is 0 Å². The first kappa shape index (κ1) is 23.3. The van der Waals surface area contributed by atoms with Crippen molar-refractivity contribution in [1.82, 2.24) is 9.97 Å². The van der Waals surface area contributed by atoms with Gasteiger partial charge >= 0.3 is 11.9 Å². The number of H-pyrrole nitrogens is 2. The number of aromatic amines is 2. The average molecular weight is 496 g/mol. The number of alkyl halides is 4. The van der Waals surface area contributed by atoms with Crippen molar-refractivity contribution in [2.75, 3.05) is 6.61 Å². The first-order valence-corrected chi connectivity index (χ1v) is 11.1. The number of aryl methyl sites for hydroxylation is 2. The molecule has 0 amide bonds. The van der Waals surface area contributed by atoms with E-state index in [1.54, 1.807) is 19.1 Å². The van der Waals surface area contributed by atoms with Crippen molar-refractivity contribution in [3.8, 4) is 0 Å². The fourth-order valence-electron chi connectivity index (χ4n) is 3.63. The number of carbonyl (C=O) groups excluding carboxylic acids is 1. The third-order valence-electron chi connectivity index (χ3n) is 5.09. The number of carboxylic acid groups (broad SMARTS) is 1. The number of ether oxygens (including phenoxy) is 1. The molecule has 2 heterocycles. The monoisotopic (exact) mass is 494 g/mol. The molecule has 6 nitrogen and oxygen atoms in total. The smallest absolute Gasteiger partial charge is 0.354 e. The minimum absolute atomic E-state index is 0.209. The Balaban J connectivity index is 0.000000172. The van der Waals surface area contributed by atoms with E-state index in [0.717, 1.165) is 28.9 Å². The highest BCUT2D eigenvalue weighted by Crippen LogP contribution is 2.38. The van der Waals surface area contributed by atoms with Gasteiger partial charge in [0.2, 0.25) is 0 Å². The summed E-state index contributed by atoms with van der Waals surface area (Å²) in [6.07, 6.45) is 3.91. The summed E-state index contributed by atoms with van der Waals surface area (Å²) in [6, 6.07) is 3.39. The minimum atomic E-state index is -0.950. The predicted molar refractivity (Wildman–Crippen MR) is 117 cm³/mol. The molecule has 3 N–H and O–H groups in total. The fourth-order valence-corrected chi connectivity index (χ4v) is 4.58. The van der Waals surface area contributed by atoms with Gasteiger partial charge in [0.05, 0.1) is 6.61 Å². The lowest BCUT2D eigenvalue weighted by Gasteiger charge is -2.24. The van der Waals surface area contributed by atoms with Crippen LogP contribution in [0.3, 0.4) is 0 Å². The molecule has 0 fully saturated rings. The molecule has 2 aliphatic carbocycles. The maximum atomic E-state index is 11.5. The van der Waals surface area contributed by atoms with E-state index < -0.39 is 14.6 Å². The number of fused-ring (bicyclic) bond motifs is 2. The average Bonchev–Trinajstić information content (AvgIpc) is 3.24. The lowest BCUT2D eigenvalue weighted by molar-refractivity contribution is 0.0519. The maximum absolute atomic E-state index is 11.5. The van der Waals surface area contributed by atoms with Gasteiger partial charge in [0.15, 0.2) is 0 Å². The van der Waals surface area contributed by atoms with E-state index in [1.165, 1.54) is 0 Å². The Hall–Kier alpha value is -1.34. The molecule has 0 bridgehead atoms. The van der Waals surface area contributed by atoms with Gasteiger partial charge in [-0.05, 0) is 55.9 Å². The molecule has 2 aromatic heterocycles. The molecule has 0 aromatic carbocycles. The highest BCUT2D eigenvalue weighted by Gasteiger charge is 2.32. The SMILES string of the molecule is CCOC(=O)c1cc2c([nH]1)CCC(Cl)(Cl)C2.O=C(O)c1cc2c([nH]1)CCC(Cl)(Cl)C2. The second-order valence-corrected chi connectivity index (χ2v) is 10.7. The lowest BCUT2D eigenvalue weighted by Crippen LogP contribution is -2.22. The Labute approximate surface area is 194 Å². The Kier molecular flexibility index (Phi) is 7.02. The van der Waals surface area contributed by atoms with E-state index in [4.69, 9.17) is 56.2 Å². The van der Waals surface area contributed by atoms with Crippen LogP contribution in [0, 0.1) is 0 Å². The van der Waals surface area contributed by atoms with Crippen LogP contribution in [-0.2, 0) is 30.4 Å². The molecule has 0 unspecified atom stereocenters. The zero-order valence-electron chi connectivity index (χ0n) is 16.3. The van der Waals surface area contributed by atoms with Crippen molar-refractivity contribution < 1.29 is 19.4 Å². The molecule has 0 radical (unpaired) electrons. The van der Waals surface area contributed by atoms with E-state index in [1.807, 2.05) is 0 Å². The number of aromatic nitrogens is 2. The number of carbonyl (C=O) groups is 2. The molecule has 0 aliphatic heterocycles. The third-order valence-corrected chi connectivity index (χ3v) is 6.38. The molecular weight excluding hydrogens is 474 g/mol. The van der Waals surface area contributed by atoms with Crippen LogP contribution >= 0.6 is 46.4 Å². The number of hydrogen-bond donors (Lipinski definition) is 3. The van der Waals surface area contributed by atoms with Crippen LogP contribution in [0.2, 0.25) is 0 Å². The summed E-state index contributed by atoms with van der Waals surface area (Å²) >= 11 is 24.2. The van der Waals surface area contributed by atoms with Crippen LogP contribution in [-0.4, -0.2) is 42.3 Å². The molecule has 10 heteroatoms. The van der Waals surface area contributed by atoms with Crippen molar-refractivity contribution in [2.45, 2.75) is 54.1 Å². The van der Waals surface area contributed by atoms with Crippen molar-refractivity contribution in [2.24, 2.45) is 0 Å². The van der Waals surface area contributed by atoms with Crippen molar-refractivity contribution >= 4 is 58.3 Å². The van der Waals surface area contributed by atoms with Crippen molar-refractivity contribution in [3.05, 3.63) is 46.0 Å². The minimum Gasteiger partial charge on any atom is -0.477 e. The second kappa shape index (κ2) is 9.03. The standard InChI is InChI=1S/C11H13Cl2NO2.C9H9Cl2NO2/c1-2-16-10(15)9-5-7-6-11(12,13)4-3-8(7)14-9;10-9(11)2-1-6-5(4-9)3-7(12-6)8(13)14/h5,14H,2-4,6H2,1H3;3,12H,1-2,4H2,(H,13,14). The molecule has 0 atom stereocenters. The Morgan fingerprint density at radius 1 is 0.967 bits per heavy atom. The van der Waals surface area contributed by atoms with E-state index in [2.05, 4.69) is 9.97 Å². The van der Waals surface area contributed by atoms with Gasteiger partial charge < -0.3 is 19.8 Å². The normalized spacial score (nSPS) is 18.4. The summed E-state index contributed by atoms with van der Waals surface area (Å²) in [4.78, 5) is 28.1. The number of hydrogen-bond acceptors (Lipinski definition) is 3. The van der Waals surface area contributed by atoms with Crippen molar-refractivity contribution in [3.63, 3.8) is 0 Å². The summed E-state index contributed by atoms with van der Waals surface area (Å²) in [5.41, 5.74) is 4.61. The topological polar surface area (TPSA) is 95.2 Å². The van der Waals surface area contributed by atoms with Crippen LogP contribution in [0.25, 0.3) is 0 Å². The number of rotatable bonds is 3. The van der Waals surface area contributed by atoms with Crippen LogP contribution < -0.4 is 0 Å². The van der Waals surface area contributed by atoms with Gasteiger partial charge in [-0.15, -0.1) is 46.4 Å². The predicted octanol–water partition coefficient (Wildman–Crippen LogP) is 5.23. The molecule has 2 aliphatic rings. The highest BCUT2D eigenvalue weighted by atomic mass is 35.5. The molecule has 0 saturated heterocycles. The molecular formula is C20H22Cl4N2O4. The Morgan fingerprint density at radius 3 is 1.90 bits per heavy atom.